The molecular weight excluding hydrogens is 244 g/mol. The Balaban J connectivity index is 1.63. The zero-order valence-corrected chi connectivity index (χ0v) is 11.0. The van der Waals surface area contributed by atoms with Gasteiger partial charge in [-0.25, -0.2) is 0 Å². The summed E-state index contributed by atoms with van der Waals surface area (Å²) in [5.41, 5.74) is 1.01. The van der Waals surface area contributed by atoms with Crippen molar-refractivity contribution in [1.82, 2.24) is 10.3 Å². The normalized spacial score (nSPS) is 10.2. The quantitative estimate of drug-likeness (QED) is 0.866. The van der Waals surface area contributed by atoms with Gasteiger partial charge in [0.1, 0.15) is 0 Å². The third-order valence-electron chi connectivity index (χ3n) is 2.61. The van der Waals surface area contributed by atoms with Crippen LogP contribution in [0.4, 0.5) is 0 Å². The van der Waals surface area contributed by atoms with Crippen LogP contribution >= 0.6 is 11.3 Å². The van der Waals surface area contributed by atoms with E-state index >= 15 is 0 Å². The Labute approximate surface area is 111 Å². The van der Waals surface area contributed by atoms with Crippen molar-refractivity contribution < 1.29 is 4.79 Å². The fourth-order valence-corrected chi connectivity index (χ4v) is 2.36. The lowest BCUT2D eigenvalue weighted by Gasteiger charge is -2.04. The molecule has 94 valence electrons. The van der Waals surface area contributed by atoms with Crippen molar-refractivity contribution in [3.63, 3.8) is 0 Å². The highest BCUT2D eigenvalue weighted by Crippen LogP contribution is 2.10. The van der Waals surface area contributed by atoms with E-state index in [-0.39, 0.29) is 5.91 Å². The van der Waals surface area contributed by atoms with E-state index in [1.54, 1.807) is 17.5 Å². The third-order valence-corrected chi connectivity index (χ3v) is 3.54. The Bertz CT molecular complexity index is 468. The summed E-state index contributed by atoms with van der Waals surface area (Å²) >= 11 is 1.70. The van der Waals surface area contributed by atoms with Crippen molar-refractivity contribution in [3.05, 3.63) is 52.5 Å². The molecule has 0 fully saturated rings. The number of hydrogen-bond acceptors (Lipinski definition) is 3. The van der Waals surface area contributed by atoms with Crippen molar-refractivity contribution in [2.45, 2.75) is 19.3 Å². The van der Waals surface area contributed by atoms with E-state index < -0.39 is 0 Å². The molecule has 2 heterocycles. The van der Waals surface area contributed by atoms with Crippen LogP contribution in [0.1, 0.15) is 17.0 Å². The van der Waals surface area contributed by atoms with Crippen LogP contribution in [0.5, 0.6) is 0 Å². The number of carbonyl (C=O) groups is 1. The second kappa shape index (κ2) is 6.91. The summed E-state index contributed by atoms with van der Waals surface area (Å²) < 4.78 is 0. The number of nitrogens with one attached hydrogen (secondary N) is 1. The summed E-state index contributed by atoms with van der Waals surface area (Å²) in [7, 11) is 0. The zero-order valence-electron chi connectivity index (χ0n) is 10.1. The average Bonchev–Trinajstić information content (AvgIpc) is 2.91. The molecule has 0 saturated heterocycles. The highest BCUT2D eigenvalue weighted by Gasteiger charge is 2.02. The van der Waals surface area contributed by atoms with Crippen LogP contribution in [0.25, 0.3) is 0 Å². The average molecular weight is 260 g/mol. The van der Waals surface area contributed by atoms with Crippen LogP contribution in [0.2, 0.25) is 0 Å². The van der Waals surface area contributed by atoms with Gasteiger partial charge in [-0.1, -0.05) is 12.1 Å². The minimum atomic E-state index is 0.110. The van der Waals surface area contributed by atoms with Crippen molar-refractivity contribution >= 4 is 17.2 Å². The van der Waals surface area contributed by atoms with Crippen molar-refractivity contribution in [1.29, 1.82) is 0 Å². The monoisotopic (exact) mass is 260 g/mol. The predicted molar refractivity (Wildman–Crippen MR) is 73.6 cm³/mol. The van der Waals surface area contributed by atoms with E-state index in [9.17, 15) is 4.79 Å². The maximum atomic E-state index is 11.6. The number of rotatable bonds is 6. The molecule has 0 atom stereocenters. The van der Waals surface area contributed by atoms with Gasteiger partial charge in [-0.2, -0.15) is 0 Å². The summed E-state index contributed by atoms with van der Waals surface area (Å²) in [6.45, 7) is 0.653. The fraction of sp³-hybridized carbons (Fsp3) is 0.286. The van der Waals surface area contributed by atoms with E-state index in [1.807, 2.05) is 29.6 Å². The molecule has 2 aromatic heterocycles. The van der Waals surface area contributed by atoms with E-state index in [1.165, 1.54) is 4.88 Å². The van der Waals surface area contributed by atoms with E-state index in [0.717, 1.165) is 18.5 Å². The third kappa shape index (κ3) is 4.30. The molecule has 0 aliphatic rings. The number of hydrogen-bond donors (Lipinski definition) is 1. The minimum absolute atomic E-state index is 0.110. The standard InChI is InChI=1S/C14H16N2OS/c17-14(7-6-13-5-3-11-18-13)16-10-8-12-4-1-2-9-15-12/h1-5,9,11H,6-8,10H2,(H,16,17). The van der Waals surface area contributed by atoms with Crippen molar-refractivity contribution in [2.24, 2.45) is 0 Å². The first kappa shape index (κ1) is 12.8. The molecule has 3 nitrogen and oxygen atoms in total. The number of nitrogens with zero attached hydrogens (tertiary/aromatic N) is 1. The molecule has 4 heteroatoms. The molecule has 1 N–H and O–H groups in total. The Morgan fingerprint density at radius 1 is 1.22 bits per heavy atom. The molecule has 18 heavy (non-hydrogen) atoms. The summed E-state index contributed by atoms with van der Waals surface area (Å²) in [4.78, 5) is 17.1. The highest BCUT2D eigenvalue weighted by molar-refractivity contribution is 7.09. The predicted octanol–water partition coefficient (Wildman–Crippen LogP) is 2.43. The van der Waals surface area contributed by atoms with Gasteiger partial charge in [-0.15, -0.1) is 11.3 Å². The number of carbonyl (C=O) groups excluding carboxylic acids is 1. The number of amides is 1. The van der Waals surface area contributed by atoms with Gasteiger partial charge in [0.25, 0.3) is 0 Å². The van der Waals surface area contributed by atoms with Crippen LogP contribution in [0.3, 0.4) is 0 Å². The van der Waals surface area contributed by atoms with Crippen LogP contribution < -0.4 is 5.32 Å². The van der Waals surface area contributed by atoms with E-state index in [2.05, 4.69) is 16.4 Å². The molecule has 0 aromatic carbocycles. The molecule has 2 rings (SSSR count). The molecule has 0 radical (unpaired) electrons. The Hall–Kier alpha value is -1.68. The fourth-order valence-electron chi connectivity index (χ4n) is 1.66. The summed E-state index contributed by atoms with van der Waals surface area (Å²) in [5, 5.41) is 4.96. The van der Waals surface area contributed by atoms with Crippen LogP contribution in [-0.2, 0) is 17.6 Å². The number of pyridine rings is 1. The highest BCUT2D eigenvalue weighted by atomic mass is 32.1. The van der Waals surface area contributed by atoms with Gasteiger partial charge in [-0.3, -0.25) is 9.78 Å². The van der Waals surface area contributed by atoms with Crippen molar-refractivity contribution in [2.75, 3.05) is 6.54 Å². The zero-order chi connectivity index (χ0) is 12.6. The SMILES string of the molecule is O=C(CCc1cccs1)NCCc1ccccn1. The lowest BCUT2D eigenvalue weighted by atomic mass is 10.2. The summed E-state index contributed by atoms with van der Waals surface area (Å²) in [5.74, 6) is 0.110. The lowest BCUT2D eigenvalue weighted by molar-refractivity contribution is -0.121. The Morgan fingerprint density at radius 3 is 2.89 bits per heavy atom. The van der Waals surface area contributed by atoms with Crippen LogP contribution in [0, 0.1) is 0 Å². The van der Waals surface area contributed by atoms with Gasteiger partial charge in [0, 0.05) is 36.2 Å². The molecule has 0 saturated carbocycles. The summed E-state index contributed by atoms with van der Waals surface area (Å²) in [6.07, 6.45) is 3.94. The minimum Gasteiger partial charge on any atom is -0.356 e. The number of aryl methyl sites for hydroxylation is 1. The van der Waals surface area contributed by atoms with Crippen molar-refractivity contribution in [3.8, 4) is 0 Å². The maximum Gasteiger partial charge on any atom is 0.220 e. The maximum absolute atomic E-state index is 11.6. The van der Waals surface area contributed by atoms with Gasteiger partial charge in [-0.05, 0) is 30.0 Å². The smallest absolute Gasteiger partial charge is 0.220 e. The number of thiophene rings is 1. The second-order valence-corrected chi connectivity index (χ2v) is 5.03. The van der Waals surface area contributed by atoms with Crippen LogP contribution in [-0.4, -0.2) is 17.4 Å². The molecule has 0 spiro atoms. The Kier molecular flexibility index (Phi) is 4.90. The van der Waals surface area contributed by atoms with Gasteiger partial charge >= 0.3 is 0 Å². The largest absolute Gasteiger partial charge is 0.356 e. The first-order valence-electron chi connectivity index (χ1n) is 6.03. The van der Waals surface area contributed by atoms with E-state index in [0.29, 0.717) is 13.0 Å². The molecule has 1 amide bonds. The molecule has 0 aliphatic carbocycles. The Morgan fingerprint density at radius 2 is 2.17 bits per heavy atom. The van der Waals surface area contributed by atoms with Gasteiger partial charge in [0.05, 0.1) is 0 Å². The lowest BCUT2D eigenvalue weighted by Crippen LogP contribution is -2.25. The molecule has 0 unspecified atom stereocenters. The number of aromatic nitrogens is 1. The summed E-state index contributed by atoms with van der Waals surface area (Å²) in [6, 6.07) is 9.90. The van der Waals surface area contributed by atoms with Gasteiger partial charge < -0.3 is 5.32 Å². The van der Waals surface area contributed by atoms with Gasteiger partial charge in [0.15, 0.2) is 0 Å². The molecule has 0 aliphatic heterocycles. The second-order valence-electron chi connectivity index (χ2n) is 4.00. The molecular formula is C14H16N2OS. The first-order chi connectivity index (χ1) is 8.84. The van der Waals surface area contributed by atoms with E-state index in [4.69, 9.17) is 0 Å². The topological polar surface area (TPSA) is 42.0 Å². The molecule has 2 aromatic rings. The first-order valence-corrected chi connectivity index (χ1v) is 6.91. The van der Waals surface area contributed by atoms with Crippen LogP contribution in [0.15, 0.2) is 41.9 Å². The van der Waals surface area contributed by atoms with Gasteiger partial charge in [0.2, 0.25) is 5.91 Å². The molecule has 0 bridgehead atoms.